The number of likely N-dealkylation sites (tertiary alicyclic amines) is 1. The lowest BCUT2D eigenvalue weighted by Crippen LogP contribution is -2.49. The predicted molar refractivity (Wildman–Crippen MR) is 82.6 cm³/mol. The van der Waals surface area contributed by atoms with E-state index in [0.29, 0.717) is 13.1 Å². The molecule has 0 aliphatic carbocycles. The van der Waals surface area contributed by atoms with Crippen molar-refractivity contribution in [2.24, 2.45) is 0 Å². The van der Waals surface area contributed by atoms with Gasteiger partial charge >= 0.3 is 0 Å². The van der Waals surface area contributed by atoms with E-state index in [1.807, 2.05) is 20.8 Å². The number of carbonyl (C=O) groups excluding carboxylic acids is 1. The van der Waals surface area contributed by atoms with E-state index in [1.54, 1.807) is 11.8 Å². The molecule has 0 spiro atoms. The van der Waals surface area contributed by atoms with Crippen molar-refractivity contribution < 1.29 is 14.6 Å². The van der Waals surface area contributed by atoms with Crippen LogP contribution in [0.2, 0.25) is 0 Å². The lowest BCUT2D eigenvalue weighted by molar-refractivity contribution is -0.139. The molecule has 1 fully saturated rings. The van der Waals surface area contributed by atoms with Crippen molar-refractivity contribution >= 4 is 5.91 Å². The summed E-state index contributed by atoms with van der Waals surface area (Å²) in [4.78, 5) is 13.9. The number of amides is 1. The Morgan fingerprint density at radius 1 is 1.33 bits per heavy atom. The van der Waals surface area contributed by atoms with E-state index in [2.05, 4.69) is 12.1 Å². The van der Waals surface area contributed by atoms with Crippen LogP contribution in [0.1, 0.15) is 36.5 Å². The number of ether oxygens (including phenoxy) is 1. The fraction of sp³-hybridized carbons (Fsp3) is 0.588. The van der Waals surface area contributed by atoms with Gasteiger partial charge in [0.15, 0.2) is 6.61 Å². The summed E-state index contributed by atoms with van der Waals surface area (Å²) < 4.78 is 5.73. The number of rotatable bonds is 3. The van der Waals surface area contributed by atoms with E-state index in [1.165, 1.54) is 5.56 Å². The maximum absolute atomic E-state index is 12.2. The summed E-state index contributed by atoms with van der Waals surface area (Å²) in [5.74, 6) is 0.729. The van der Waals surface area contributed by atoms with Crippen LogP contribution in [0.5, 0.6) is 5.75 Å². The van der Waals surface area contributed by atoms with E-state index in [9.17, 15) is 9.90 Å². The summed E-state index contributed by atoms with van der Waals surface area (Å²) in [5, 5.41) is 10.1. The summed E-state index contributed by atoms with van der Waals surface area (Å²) in [7, 11) is 0. The third-order valence-corrected chi connectivity index (χ3v) is 3.97. The van der Waals surface area contributed by atoms with E-state index < -0.39 is 5.60 Å². The average Bonchev–Trinajstić information content (AvgIpc) is 2.35. The Labute approximate surface area is 126 Å². The van der Waals surface area contributed by atoms with E-state index in [4.69, 9.17) is 4.74 Å². The lowest BCUT2D eigenvalue weighted by atomic mass is 9.95. The molecular formula is C17H25NO3. The Hall–Kier alpha value is -1.55. The van der Waals surface area contributed by atoms with Crippen LogP contribution in [0.4, 0.5) is 0 Å². The molecule has 0 bridgehead atoms. The summed E-state index contributed by atoms with van der Waals surface area (Å²) in [5.41, 5.74) is 2.51. The first-order chi connectivity index (χ1) is 9.78. The van der Waals surface area contributed by atoms with Gasteiger partial charge in [-0.3, -0.25) is 4.79 Å². The number of hydrogen-bond acceptors (Lipinski definition) is 3. The molecule has 116 valence electrons. The molecule has 0 saturated carbocycles. The van der Waals surface area contributed by atoms with Crippen LogP contribution >= 0.6 is 0 Å². The largest absolute Gasteiger partial charge is 0.483 e. The van der Waals surface area contributed by atoms with Gasteiger partial charge in [0.1, 0.15) is 5.75 Å². The number of aliphatic hydroxyl groups is 1. The first-order valence-corrected chi connectivity index (χ1v) is 7.49. The number of benzene rings is 1. The second-order valence-corrected chi connectivity index (χ2v) is 6.43. The van der Waals surface area contributed by atoms with Gasteiger partial charge in [-0.05, 0) is 51.7 Å². The highest BCUT2D eigenvalue weighted by atomic mass is 16.5. The SMILES string of the molecule is Cc1cc(C)c(OCC(=O)N2CCCC(C)(O)C2)c(C)c1. The number of carbonyl (C=O) groups is 1. The standard InChI is InChI=1S/C17H25NO3/c1-12-8-13(2)16(14(3)9-12)21-10-15(19)18-7-5-6-17(4,20)11-18/h8-9,20H,5-7,10-11H2,1-4H3. The molecule has 1 aliphatic rings. The Kier molecular flexibility index (Phi) is 4.57. The van der Waals surface area contributed by atoms with Crippen molar-refractivity contribution in [1.29, 1.82) is 0 Å². The second kappa shape index (κ2) is 6.06. The minimum Gasteiger partial charge on any atom is -0.483 e. The summed E-state index contributed by atoms with van der Waals surface area (Å²) in [6.07, 6.45) is 1.58. The van der Waals surface area contributed by atoms with Gasteiger partial charge in [-0.2, -0.15) is 0 Å². The maximum atomic E-state index is 12.2. The predicted octanol–water partition coefficient (Wildman–Crippen LogP) is 2.36. The van der Waals surface area contributed by atoms with Crippen molar-refractivity contribution in [2.75, 3.05) is 19.7 Å². The van der Waals surface area contributed by atoms with E-state index in [-0.39, 0.29) is 12.5 Å². The number of nitrogens with zero attached hydrogens (tertiary/aromatic N) is 1. The number of aryl methyl sites for hydroxylation is 3. The Bertz CT molecular complexity index is 514. The van der Waals surface area contributed by atoms with Crippen molar-refractivity contribution in [1.82, 2.24) is 4.90 Å². The Morgan fingerprint density at radius 3 is 2.52 bits per heavy atom. The fourth-order valence-electron chi connectivity index (χ4n) is 3.05. The quantitative estimate of drug-likeness (QED) is 0.930. The highest BCUT2D eigenvalue weighted by Crippen LogP contribution is 2.25. The molecule has 1 unspecified atom stereocenters. The van der Waals surface area contributed by atoms with Crippen LogP contribution in [0.25, 0.3) is 0 Å². The van der Waals surface area contributed by atoms with E-state index >= 15 is 0 Å². The molecule has 2 rings (SSSR count). The third-order valence-electron chi connectivity index (χ3n) is 3.97. The molecular weight excluding hydrogens is 266 g/mol. The zero-order valence-electron chi connectivity index (χ0n) is 13.4. The fourth-order valence-corrected chi connectivity index (χ4v) is 3.05. The molecule has 1 saturated heterocycles. The normalized spacial score (nSPS) is 22.2. The number of β-amino-alcohol motifs (C(OH)–C–C–N with tert-alkyl or cyclic N) is 1. The molecule has 4 heteroatoms. The van der Waals surface area contributed by atoms with Gasteiger partial charge in [0, 0.05) is 13.1 Å². The zero-order valence-corrected chi connectivity index (χ0v) is 13.4. The molecule has 1 heterocycles. The molecule has 1 atom stereocenters. The Morgan fingerprint density at radius 2 is 1.95 bits per heavy atom. The molecule has 21 heavy (non-hydrogen) atoms. The van der Waals surface area contributed by atoms with Gasteiger partial charge in [0.25, 0.3) is 5.91 Å². The maximum Gasteiger partial charge on any atom is 0.260 e. The molecule has 1 N–H and O–H groups in total. The van der Waals surface area contributed by atoms with Crippen LogP contribution in [0.15, 0.2) is 12.1 Å². The van der Waals surface area contributed by atoms with Crippen LogP contribution in [-0.2, 0) is 4.79 Å². The molecule has 1 aromatic rings. The van der Waals surface area contributed by atoms with Gasteiger partial charge < -0.3 is 14.7 Å². The summed E-state index contributed by atoms with van der Waals surface area (Å²) in [6, 6.07) is 4.11. The smallest absolute Gasteiger partial charge is 0.260 e. The highest BCUT2D eigenvalue weighted by Gasteiger charge is 2.31. The third kappa shape index (κ3) is 3.97. The number of piperidine rings is 1. The summed E-state index contributed by atoms with van der Waals surface area (Å²) >= 11 is 0. The molecule has 0 aromatic heterocycles. The first kappa shape index (κ1) is 15.8. The molecule has 1 amide bonds. The summed E-state index contributed by atoms with van der Waals surface area (Å²) in [6.45, 7) is 8.93. The average molecular weight is 291 g/mol. The molecule has 1 aliphatic heterocycles. The second-order valence-electron chi connectivity index (χ2n) is 6.43. The van der Waals surface area contributed by atoms with Crippen molar-refractivity contribution in [3.63, 3.8) is 0 Å². The van der Waals surface area contributed by atoms with Crippen molar-refractivity contribution in [3.8, 4) is 5.75 Å². The van der Waals surface area contributed by atoms with Crippen LogP contribution in [0.3, 0.4) is 0 Å². The van der Waals surface area contributed by atoms with E-state index in [0.717, 1.165) is 29.7 Å². The molecule has 1 aromatic carbocycles. The van der Waals surface area contributed by atoms with Gasteiger partial charge in [-0.15, -0.1) is 0 Å². The van der Waals surface area contributed by atoms with Crippen LogP contribution < -0.4 is 4.74 Å². The van der Waals surface area contributed by atoms with Gasteiger partial charge in [0.05, 0.1) is 5.60 Å². The zero-order chi connectivity index (χ0) is 15.6. The van der Waals surface area contributed by atoms with Gasteiger partial charge in [-0.1, -0.05) is 17.7 Å². The van der Waals surface area contributed by atoms with Gasteiger partial charge in [-0.25, -0.2) is 0 Å². The van der Waals surface area contributed by atoms with Crippen LogP contribution in [-0.4, -0.2) is 41.2 Å². The van der Waals surface area contributed by atoms with Crippen molar-refractivity contribution in [2.45, 2.75) is 46.1 Å². The van der Waals surface area contributed by atoms with Gasteiger partial charge in [0.2, 0.25) is 0 Å². The van der Waals surface area contributed by atoms with Crippen molar-refractivity contribution in [3.05, 3.63) is 28.8 Å². The highest BCUT2D eigenvalue weighted by molar-refractivity contribution is 5.78. The lowest BCUT2D eigenvalue weighted by Gasteiger charge is -2.36. The minimum absolute atomic E-state index is 0.0286. The molecule has 0 radical (unpaired) electrons. The number of hydrogen-bond donors (Lipinski definition) is 1. The van der Waals surface area contributed by atoms with Crippen LogP contribution in [0, 0.1) is 20.8 Å². The Balaban J connectivity index is 1.98. The molecule has 4 nitrogen and oxygen atoms in total. The first-order valence-electron chi connectivity index (χ1n) is 7.49. The minimum atomic E-state index is -0.774. The monoisotopic (exact) mass is 291 g/mol. The topological polar surface area (TPSA) is 49.8 Å².